The van der Waals surface area contributed by atoms with Crippen LogP contribution in [-0.2, 0) is 9.53 Å². The molecule has 0 bridgehead atoms. The number of amides is 1. The molecule has 1 aromatic rings. The Morgan fingerprint density at radius 1 is 1.30 bits per heavy atom. The van der Waals surface area contributed by atoms with Gasteiger partial charge in [0.25, 0.3) is 0 Å². The third-order valence-electron chi connectivity index (χ3n) is 3.24. The fraction of sp³-hybridized carbons (Fsp3) is 0.533. The van der Waals surface area contributed by atoms with Gasteiger partial charge in [-0.1, -0.05) is 0 Å². The third kappa shape index (κ3) is 4.13. The van der Waals surface area contributed by atoms with Gasteiger partial charge in [0.2, 0.25) is 5.91 Å². The Morgan fingerprint density at radius 2 is 1.90 bits per heavy atom. The van der Waals surface area contributed by atoms with Gasteiger partial charge < -0.3 is 20.1 Å². The zero-order chi connectivity index (χ0) is 14.5. The molecule has 110 valence electrons. The van der Waals surface area contributed by atoms with E-state index in [1.165, 1.54) is 0 Å². The van der Waals surface area contributed by atoms with Gasteiger partial charge in [-0.05, 0) is 38.1 Å². The highest BCUT2D eigenvalue weighted by Crippen LogP contribution is 2.14. The number of ether oxygens (including phenoxy) is 2. The highest BCUT2D eigenvalue weighted by molar-refractivity contribution is 5.76. The lowest BCUT2D eigenvalue weighted by Crippen LogP contribution is -2.48. The molecule has 1 amide bonds. The van der Waals surface area contributed by atoms with Crippen molar-refractivity contribution >= 4 is 11.6 Å². The van der Waals surface area contributed by atoms with Gasteiger partial charge >= 0.3 is 0 Å². The Labute approximate surface area is 119 Å². The fourth-order valence-electron chi connectivity index (χ4n) is 2.36. The second kappa shape index (κ2) is 6.61. The molecule has 0 spiro atoms. The molecule has 1 aliphatic heterocycles. The first-order valence-corrected chi connectivity index (χ1v) is 6.96. The molecule has 1 heterocycles. The van der Waals surface area contributed by atoms with Gasteiger partial charge in [-0.3, -0.25) is 4.79 Å². The van der Waals surface area contributed by atoms with Gasteiger partial charge in [0.15, 0.2) is 0 Å². The fourth-order valence-corrected chi connectivity index (χ4v) is 2.36. The number of benzene rings is 1. The zero-order valence-corrected chi connectivity index (χ0v) is 12.0. The van der Waals surface area contributed by atoms with Crippen LogP contribution in [0.15, 0.2) is 24.3 Å². The summed E-state index contributed by atoms with van der Waals surface area (Å²) >= 11 is 0. The number of nitrogens with two attached hydrogens (primary N) is 1. The Morgan fingerprint density at radius 3 is 2.50 bits per heavy atom. The number of anilines is 1. The van der Waals surface area contributed by atoms with E-state index >= 15 is 0 Å². The predicted molar refractivity (Wildman–Crippen MR) is 77.6 cm³/mol. The highest BCUT2D eigenvalue weighted by Gasteiger charge is 2.25. The van der Waals surface area contributed by atoms with Crippen molar-refractivity contribution < 1.29 is 14.3 Å². The van der Waals surface area contributed by atoms with E-state index in [2.05, 4.69) is 0 Å². The monoisotopic (exact) mass is 278 g/mol. The second-order valence-electron chi connectivity index (χ2n) is 5.22. The molecule has 2 N–H and O–H groups in total. The maximum atomic E-state index is 12.1. The van der Waals surface area contributed by atoms with E-state index in [1.54, 1.807) is 24.3 Å². The maximum Gasteiger partial charge on any atom is 0.226 e. The minimum atomic E-state index is 0.0979. The summed E-state index contributed by atoms with van der Waals surface area (Å²) in [5, 5.41) is 0. The first kappa shape index (κ1) is 14.7. The van der Waals surface area contributed by atoms with Gasteiger partial charge in [-0.15, -0.1) is 0 Å². The summed E-state index contributed by atoms with van der Waals surface area (Å²) < 4.78 is 11.2. The van der Waals surface area contributed by atoms with Crippen molar-refractivity contribution in [2.24, 2.45) is 0 Å². The summed E-state index contributed by atoms with van der Waals surface area (Å²) in [6, 6.07) is 7.17. The summed E-state index contributed by atoms with van der Waals surface area (Å²) in [4.78, 5) is 14.0. The number of carbonyl (C=O) groups excluding carboxylic acids is 1. The number of morpholine rings is 1. The van der Waals surface area contributed by atoms with Gasteiger partial charge in [-0.25, -0.2) is 0 Å². The zero-order valence-electron chi connectivity index (χ0n) is 12.0. The van der Waals surface area contributed by atoms with Crippen LogP contribution in [0, 0.1) is 0 Å². The molecule has 20 heavy (non-hydrogen) atoms. The van der Waals surface area contributed by atoms with Crippen LogP contribution < -0.4 is 10.5 Å². The van der Waals surface area contributed by atoms with Crippen molar-refractivity contribution in [1.82, 2.24) is 4.90 Å². The largest absolute Gasteiger partial charge is 0.493 e. The van der Waals surface area contributed by atoms with E-state index in [0.29, 0.717) is 31.8 Å². The molecule has 2 atom stereocenters. The smallest absolute Gasteiger partial charge is 0.226 e. The van der Waals surface area contributed by atoms with Gasteiger partial charge in [0.05, 0.1) is 25.2 Å². The second-order valence-corrected chi connectivity index (χ2v) is 5.22. The average molecular weight is 278 g/mol. The van der Waals surface area contributed by atoms with Crippen molar-refractivity contribution in [1.29, 1.82) is 0 Å². The summed E-state index contributed by atoms with van der Waals surface area (Å²) in [6.45, 7) is 5.67. The molecule has 1 aromatic carbocycles. The van der Waals surface area contributed by atoms with E-state index in [0.717, 1.165) is 5.75 Å². The van der Waals surface area contributed by atoms with Crippen LogP contribution in [-0.4, -0.2) is 42.7 Å². The number of hydrogen-bond acceptors (Lipinski definition) is 4. The molecule has 0 saturated carbocycles. The lowest BCUT2D eigenvalue weighted by Gasteiger charge is -2.35. The van der Waals surface area contributed by atoms with E-state index < -0.39 is 0 Å². The van der Waals surface area contributed by atoms with Crippen LogP contribution in [0.3, 0.4) is 0 Å². The summed E-state index contributed by atoms with van der Waals surface area (Å²) in [7, 11) is 0. The van der Waals surface area contributed by atoms with Crippen LogP contribution in [0.4, 0.5) is 5.69 Å². The molecular weight excluding hydrogens is 256 g/mol. The molecule has 0 radical (unpaired) electrons. The minimum absolute atomic E-state index is 0.0979. The van der Waals surface area contributed by atoms with E-state index in [4.69, 9.17) is 15.2 Å². The molecular formula is C15H22N2O3. The third-order valence-corrected chi connectivity index (χ3v) is 3.24. The number of carbonyl (C=O) groups is 1. The average Bonchev–Trinajstić information content (AvgIpc) is 2.40. The molecule has 1 fully saturated rings. The van der Waals surface area contributed by atoms with Crippen LogP contribution in [0.25, 0.3) is 0 Å². The number of hydrogen-bond donors (Lipinski definition) is 1. The first-order chi connectivity index (χ1) is 9.54. The lowest BCUT2D eigenvalue weighted by molar-refractivity contribution is -0.143. The Hall–Kier alpha value is -1.75. The Bertz CT molecular complexity index is 437. The predicted octanol–water partition coefficient (Wildman–Crippen LogP) is 1.67. The van der Waals surface area contributed by atoms with Crippen molar-refractivity contribution in [2.45, 2.75) is 32.5 Å². The van der Waals surface area contributed by atoms with Crippen molar-refractivity contribution in [2.75, 3.05) is 25.4 Å². The number of nitrogen functional groups attached to an aromatic ring is 1. The van der Waals surface area contributed by atoms with Crippen LogP contribution in [0.1, 0.15) is 20.3 Å². The molecule has 1 aliphatic rings. The Kier molecular flexibility index (Phi) is 4.84. The summed E-state index contributed by atoms with van der Waals surface area (Å²) in [6.07, 6.45) is 0.575. The van der Waals surface area contributed by atoms with Crippen LogP contribution in [0.2, 0.25) is 0 Å². The van der Waals surface area contributed by atoms with E-state index in [9.17, 15) is 4.79 Å². The van der Waals surface area contributed by atoms with Crippen molar-refractivity contribution in [3.05, 3.63) is 24.3 Å². The molecule has 1 saturated heterocycles. The Balaban J connectivity index is 1.76. The quantitative estimate of drug-likeness (QED) is 0.851. The SMILES string of the molecule is C[C@@H]1CN(C(=O)CCOc2ccc(N)cc2)C[C@H](C)O1. The van der Waals surface area contributed by atoms with Gasteiger partial charge in [0, 0.05) is 18.8 Å². The number of rotatable bonds is 4. The highest BCUT2D eigenvalue weighted by atomic mass is 16.5. The van der Waals surface area contributed by atoms with Crippen LogP contribution >= 0.6 is 0 Å². The normalized spacial score (nSPS) is 22.6. The summed E-state index contributed by atoms with van der Waals surface area (Å²) in [5.74, 6) is 0.846. The minimum Gasteiger partial charge on any atom is -0.493 e. The van der Waals surface area contributed by atoms with Gasteiger partial charge in [-0.2, -0.15) is 0 Å². The standard InChI is InChI=1S/C15H22N2O3/c1-11-9-17(10-12(2)20-11)15(18)7-8-19-14-5-3-13(16)4-6-14/h3-6,11-12H,7-10,16H2,1-2H3/t11-,12+. The van der Waals surface area contributed by atoms with E-state index in [1.807, 2.05) is 18.7 Å². The molecule has 5 heteroatoms. The maximum absolute atomic E-state index is 12.1. The van der Waals surface area contributed by atoms with Gasteiger partial charge in [0.1, 0.15) is 5.75 Å². The van der Waals surface area contributed by atoms with Crippen molar-refractivity contribution in [3.63, 3.8) is 0 Å². The van der Waals surface area contributed by atoms with Crippen LogP contribution in [0.5, 0.6) is 5.75 Å². The topological polar surface area (TPSA) is 64.8 Å². The molecule has 2 rings (SSSR count). The molecule has 0 aliphatic carbocycles. The molecule has 0 aromatic heterocycles. The number of nitrogens with zero attached hydrogens (tertiary/aromatic N) is 1. The first-order valence-electron chi connectivity index (χ1n) is 6.96. The van der Waals surface area contributed by atoms with E-state index in [-0.39, 0.29) is 18.1 Å². The molecule has 5 nitrogen and oxygen atoms in total. The molecule has 0 unspecified atom stereocenters. The summed E-state index contributed by atoms with van der Waals surface area (Å²) in [5.41, 5.74) is 6.30. The lowest BCUT2D eigenvalue weighted by atomic mass is 10.2. The van der Waals surface area contributed by atoms with Crippen molar-refractivity contribution in [3.8, 4) is 5.75 Å².